The van der Waals surface area contributed by atoms with E-state index >= 15 is 9.13 Å². The van der Waals surface area contributed by atoms with Crippen molar-refractivity contribution in [1.82, 2.24) is 0 Å². The normalized spacial score (nSPS) is 11.6. The van der Waals surface area contributed by atoms with Gasteiger partial charge in [-0.1, -0.05) is 205 Å². The van der Waals surface area contributed by atoms with Crippen LogP contribution in [0.2, 0.25) is 0 Å². The van der Waals surface area contributed by atoms with Crippen LogP contribution < -0.4 is 18.1 Å². The minimum absolute atomic E-state index is 0. The molecule has 0 saturated carbocycles. The second kappa shape index (κ2) is 35.0. The first-order chi connectivity index (χ1) is 31.7. The molecule has 0 saturated heterocycles. The third kappa shape index (κ3) is 24.9. The first kappa shape index (κ1) is 58.1. The van der Waals surface area contributed by atoms with Crippen LogP contribution >= 0.6 is 15.6 Å². The van der Waals surface area contributed by atoms with E-state index in [1.807, 2.05) is 48.5 Å². The van der Waals surface area contributed by atoms with Crippen LogP contribution in [0.3, 0.4) is 0 Å². The number of aryl methyl sites for hydroxylation is 4. The molecule has 0 amide bonds. The van der Waals surface area contributed by atoms with Crippen LogP contribution in [-0.4, -0.2) is 37.7 Å². The molecule has 4 aromatic carbocycles. The largest absolute Gasteiger partial charge is 2.00 e. The van der Waals surface area contributed by atoms with Crippen molar-refractivity contribution in [1.29, 1.82) is 0 Å². The first-order valence-electron chi connectivity index (χ1n) is 25.8. The number of hydrogen-bond acceptors (Lipinski definition) is 7. The Kier molecular flexibility index (Phi) is 30.8. The molecule has 0 fully saturated rings. The third-order valence-electron chi connectivity index (χ3n) is 12.0. The number of unbranched alkanes of at least 4 members (excludes halogenated alkanes) is 20. The van der Waals surface area contributed by atoms with Crippen LogP contribution in [0.15, 0.2) is 97.1 Å². The summed E-state index contributed by atoms with van der Waals surface area (Å²) in [6, 6.07) is 29.8. The fraction of sp³-hybridized carbons (Fsp3) is 0.571. The maximum absolute atomic E-state index is 15.0. The van der Waals surface area contributed by atoms with Crippen LogP contribution in [0.4, 0.5) is 0 Å². The second-order valence-electron chi connectivity index (χ2n) is 18.0. The summed E-state index contributed by atoms with van der Waals surface area (Å²) in [4.78, 5) is 0. The Morgan fingerprint density at radius 3 is 0.682 bits per heavy atom. The molecular weight excluding hydrogens is 887 g/mol. The van der Waals surface area contributed by atoms with Gasteiger partial charge in [0.25, 0.3) is 0 Å². The minimum atomic E-state index is -4.75. The average molecular weight is 973 g/mol. The van der Waals surface area contributed by atoms with E-state index in [4.69, 9.17) is 22.4 Å². The number of rotatable bonds is 38. The molecule has 7 nitrogen and oxygen atoms in total. The Morgan fingerprint density at radius 2 is 0.485 bits per heavy atom. The SMILES string of the molecule is CCCCCCCCc1ccc(OP(=O)(Oc2ccc(CCCCCCCC)cc2)OP(=O)(Oc2ccc(CCCCCCCC)cc2)Oc2ccc(CCCCCCCC)cc2)cc1.[Ca+2].[H-].[H-]. The van der Waals surface area contributed by atoms with Crippen molar-refractivity contribution >= 4 is 53.4 Å². The van der Waals surface area contributed by atoms with Crippen molar-refractivity contribution in [3.8, 4) is 23.0 Å². The fourth-order valence-electron chi connectivity index (χ4n) is 8.05. The Morgan fingerprint density at radius 1 is 0.303 bits per heavy atom. The molecule has 0 atom stereocenters. The average Bonchev–Trinajstić information content (AvgIpc) is 3.30. The van der Waals surface area contributed by atoms with Gasteiger partial charge in [0, 0.05) is 0 Å². The van der Waals surface area contributed by atoms with E-state index in [-0.39, 0.29) is 63.6 Å². The predicted molar refractivity (Wildman–Crippen MR) is 281 cm³/mol. The maximum atomic E-state index is 15.0. The number of phosphoric acid groups is 2. The summed E-state index contributed by atoms with van der Waals surface area (Å²) in [6.45, 7) is 8.93. The van der Waals surface area contributed by atoms with Crippen molar-refractivity contribution in [2.24, 2.45) is 0 Å². The van der Waals surface area contributed by atoms with Gasteiger partial charge in [0.15, 0.2) is 0 Å². The Hall–Kier alpha value is -2.24. The third-order valence-corrected chi connectivity index (χ3v) is 15.4. The molecular formula is C56H86CaO7P2. The molecule has 10 heteroatoms. The van der Waals surface area contributed by atoms with Gasteiger partial charge in [-0.25, -0.2) is 9.13 Å². The van der Waals surface area contributed by atoms with Gasteiger partial charge in [-0.3, -0.25) is 0 Å². The van der Waals surface area contributed by atoms with Gasteiger partial charge in [-0.15, -0.1) is 4.31 Å². The molecule has 66 heavy (non-hydrogen) atoms. The van der Waals surface area contributed by atoms with E-state index < -0.39 is 15.6 Å². The van der Waals surface area contributed by atoms with Crippen molar-refractivity contribution in [2.75, 3.05) is 0 Å². The zero-order valence-electron chi connectivity index (χ0n) is 43.5. The van der Waals surface area contributed by atoms with Gasteiger partial charge < -0.3 is 20.9 Å². The van der Waals surface area contributed by atoms with Crippen molar-refractivity contribution < 1.29 is 34.4 Å². The van der Waals surface area contributed by atoms with E-state index in [1.54, 1.807) is 48.5 Å². The van der Waals surface area contributed by atoms with E-state index in [1.165, 1.54) is 128 Å². The van der Waals surface area contributed by atoms with Gasteiger partial charge in [0.1, 0.15) is 23.0 Å². The molecule has 0 heterocycles. The molecule has 0 aromatic heterocycles. The molecule has 4 rings (SSSR count). The quantitative estimate of drug-likeness (QED) is 0.0251. The van der Waals surface area contributed by atoms with E-state index in [9.17, 15) is 0 Å². The molecule has 0 radical (unpaired) electrons. The second-order valence-corrected chi connectivity index (χ2v) is 21.2. The Bertz CT molecular complexity index is 1650. The molecule has 364 valence electrons. The van der Waals surface area contributed by atoms with Crippen molar-refractivity contribution in [3.05, 3.63) is 119 Å². The first-order valence-corrected chi connectivity index (χ1v) is 28.7. The molecule has 4 aromatic rings. The smallest absolute Gasteiger partial charge is 1.00 e. The van der Waals surface area contributed by atoms with Gasteiger partial charge in [-0.05, 0) is 122 Å². The summed E-state index contributed by atoms with van der Waals surface area (Å²) in [5.74, 6) is 1.02. The molecule has 0 bridgehead atoms. The van der Waals surface area contributed by atoms with Crippen LogP contribution in [0.25, 0.3) is 0 Å². The van der Waals surface area contributed by atoms with Crippen molar-refractivity contribution in [2.45, 2.75) is 207 Å². The minimum Gasteiger partial charge on any atom is -1.00 e. The van der Waals surface area contributed by atoms with Crippen molar-refractivity contribution in [3.63, 3.8) is 0 Å². The van der Waals surface area contributed by atoms with Crippen LogP contribution in [0.1, 0.15) is 207 Å². The van der Waals surface area contributed by atoms with Gasteiger partial charge in [0.2, 0.25) is 0 Å². The number of hydrogen-bond donors (Lipinski definition) is 0. The van der Waals surface area contributed by atoms with Gasteiger partial charge >= 0.3 is 53.4 Å². The summed E-state index contributed by atoms with van der Waals surface area (Å²) >= 11 is 0. The van der Waals surface area contributed by atoms with E-state index in [2.05, 4.69) is 27.7 Å². The van der Waals surface area contributed by atoms with Crippen LogP contribution in [0, 0.1) is 0 Å². The molecule has 0 aliphatic carbocycles. The summed E-state index contributed by atoms with van der Waals surface area (Å²) in [6.07, 6.45) is 33.0. The Balaban J connectivity index is 0.00000771. The molecule has 0 unspecified atom stereocenters. The standard InChI is InChI=1S/C56H84O7P2.Ca.2H/c1-5-9-13-17-21-25-29-49-33-41-53(42-34-49)59-64(57,60-54-43-35-50(36-44-54)30-26-22-18-14-10-6-2)63-65(58,61-55-45-37-51(38-46-55)31-27-23-19-15-11-7-3)62-56-47-39-52(40-48-56)32-28-24-20-16-12-8-4;;;/h33-48H,5-32H2,1-4H3;;;/q;+2;2*-1. The van der Waals surface area contributed by atoms with Gasteiger partial charge in [0.05, 0.1) is 0 Å². The topological polar surface area (TPSA) is 80.3 Å². The van der Waals surface area contributed by atoms with E-state index in [0.29, 0.717) is 0 Å². The molecule has 0 N–H and O–H groups in total. The molecule has 0 aliphatic rings. The van der Waals surface area contributed by atoms with Crippen LogP contribution in [-0.2, 0) is 39.1 Å². The number of benzene rings is 4. The summed E-state index contributed by atoms with van der Waals surface area (Å²) in [5.41, 5.74) is 4.62. The fourth-order valence-corrected chi connectivity index (χ4v) is 11.2. The summed E-state index contributed by atoms with van der Waals surface area (Å²) in [7, 11) is -9.50. The molecule has 0 spiro atoms. The summed E-state index contributed by atoms with van der Waals surface area (Å²) in [5, 5.41) is 0. The zero-order valence-corrected chi connectivity index (χ0v) is 45.5. The monoisotopic (exact) mass is 973 g/mol. The predicted octanol–water partition coefficient (Wildman–Crippen LogP) is 19.0. The van der Waals surface area contributed by atoms with E-state index in [0.717, 1.165) is 73.6 Å². The maximum Gasteiger partial charge on any atom is 2.00 e. The van der Waals surface area contributed by atoms with Crippen LogP contribution in [0.5, 0.6) is 23.0 Å². The summed E-state index contributed by atoms with van der Waals surface area (Å²) < 4.78 is 60.6. The van der Waals surface area contributed by atoms with Gasteiger partial charge in [-0.2, -0.15) is 0 Å². The number of phosphoric ester groups is 2. The Labute approximate surface area is 434 Å². The zero-order chi connectivity index (χ0) is 46.3. The molecule has 0 aliphatic heterocycles.